The van der Waals surface area contributed by atoms with Gasteiger partial charge in [0, 0.05) is 4.47 Å². The predicted octanol–water partition coefficient (Wildman–Crippen LogP) is 2.30. The number of fused-ring (bicyclic) bond motifs is 1. The molecule has 0 atom stereocenters. The van der Waals surface area contributed by atoms with Gasteiger partial charge in [-0.05, 0) is 31.5 Å². The smallest absolute Gasteiger partial charge is 0.258 e. The molecule has 0 aliphatic carbocycles. The molecule has 1 aromatic carbocycles. The summed E-state index contributed by atoms with van der Waals surface area (Å²) >= 11 is 3.41. The van der Waals surface area contributed by atoms with Crippen LogP contribution in [0.5, 0.6) is 0 Å². The highest BCUT2D eigenvalue weighted by atomic mass is 79.9. The zero-order valence-corrected chi connectivity index (χ0v) is 9.47. The molecule has 0 bridgehead atoms. The van der Waals surface area contributed by atoms with Gasteiger partial charge >= 0.3 is 0 Å². The Kier molecular flexibility index (Phi) is 2.15. The minimum Gasteiger partial charge on any atom is -0.310 e. The molecule has 0 unspecified atom stereocenters. The maximum atomic E-state index is 11.6. The van der Waals surface area contributed by atoms with Gasteiger partial charge in [-0.3, -0.25) is 4.79 Å². The molecule has 2 rings (SSSR count). The number of H-pyrrole nitrogens is 1. The number of halogens is 1. The van der Waals surface area contributed by atoms with Crippen LogP contribution in [-0.2, 0) is 0 Å². The first kappa shape index (κ1) is 9.40. The summed E-state index contributed by atoms with van der Waals surface area (Å²) < 4.78 is 0.975. The second kappa shape index (κ2) is 3.20. The van der Waals surface area contributed by atoms with Crippen molar-refractivity contribution >= 4 is 26.8 Å². The fraction of sp³-hybridized carbons (Fsp3) is 0.200. The summed E-state index contributed by atoms with van der Waals surface area (Å²) in [6, 6.07) is 3.64. The summed E-state index contributed by atoms with van der Waals surface area (Å²) in [5.74, 6) is 0.642. The third kappa shape index (κ3) is 1.35. The van der Waals surface area contributed by atoms with Crippen molar-refractivity contribution in [2.24, 2.45) is 0 Å². The first-order valence-electron chi connectivity index (χ1n) is 4.25. The van der Waals surface area contributed by atoms with Crippen molar-refractivity contribution in [2.75, 3.05) is 0 Å². The minimum atomic E-state index is -0.0805. The van der Waals surface area contributed by atoms with Crippen molar-refractivity contribution < 1.29 is 0 Å². The Morgan fingerprint density at radius 3 is 2.79 bits per heavy atom. The van der Waals surface area contributed by atoms with Gasteiger partial charge in [-0.2, -0.15) is 0 Å². The van der Waals surface area contributed by atoms with Crippen LogP contribution in [0.4, 0.5) is 0 Å². The quantitative estimate of drug-likeness (QED) is 0.782. The Hall–Kier alpha value is -1.16. The van der Waals surface area contributed by atoms with E-state index in [-0.39, 0.29) is 5.56 Å². The van der Waals surface area contributed by atoms with E-state index in [1.165, 1.54) is 0 Å². The molecule has 0 aliphatic rings. The lowest BCUT2D eigenvalue weighted by molar-refractivity contribution is 1.05. The number of aromatic nitrogens is 2. The highest BCUT2D eigenvalue weighted by Gasteiger charge is 2.06. The zero-order chi connectivity index (χ0) is 10.3. The molecule has 2 aromatic rings. The van der Waals surface area contributed by atoms with Gasteiger partial charge in [0.2, 0.25) is 0 Å². The number of nitrogens with zero attached hydrogens (tertiary/aromatic N) is 1. The van der Waals surface area contributed by atoms with Gasteiger partial charge in [0.05, 0.1) is 10.9 Å². The summed E-state index contributed by atoms with van der Waals surface area (Å²) in [7, 11) is 0. The van der Waals surface area contributed by atoms with Gasteiger partial charge < -0.3 is 4.98 Å². The van der Waals surface area contributed by atoms with Crippen LogP contribution in [0.1, 0.15) is 11.4 Å². The molecule has 0 fully saturated rings. The molecule has 1 aromatic heterocycles. The van der Waals surface area contributed by atoms with Crippen LogP contribution in [0.3, 0.4) is 0 Å². The second-order valence-corrected chi connectivity index (χ2v) is 4.07. The Morgan fingerprint density at radius 2 is 2.07 bits per heavy atom. The monoisotopic (exact) mass is 252 g/mol. The van der Waals surface area contributed by atoms with E-state index in [0.29, 0.717) is 11.2 Å². The normalized spacial score (nSPS) is 10.8. The SMILES string of the molecule is Cc1nc2c(C)c(Br)ccc2c(=O)[nH]1. The molecule has 72 valence electrons. The van der Waals surface area contributed by atoms with Gasteiger partial charge in [0.1, 0.15) is 5.82 Å². The number of aryl methyl sites for hydroxylation is 2. The van der Waals surface area contributed by atoms with Gasteiger partial charge in [0.25, 0.3) is 5.56 Å². The van der Waals surface area contributed by atoms with Crippen molar-refractivity contribution in [1.29, 1.82) is 0 Å². The van der Waals surface area contributed by atoms with Gasteiger partial charge in [-0.15, -0.1) is 0 Å². The average molecular weight is 253 g/mol. The lowest BCUT2D eigenvalue weighted by Crippen LogP contribution is -2.10. The fourth-order valence-corrected chi connectivity index (χ4v) is 1.75. The summed E-state index contributed by atoms with van der Waals surface area (Å²) in [6.07, 6.45) is 0. The largest absolute Gasteiger partial charge is 0.310 e. The van der Waals surface area contributed by atoms with Crippen LogP contribution in [0, 0.1) is 13.8 Å². The summed E-state index contributed by atoms with van der Waals surface area (Å²) in [4.78, 5) is 18.5. The Bertz CT molecular complexity index is 560. The number of rotatable bonds is 0. The summed E-state index contributed by atoms with van der Waals surface area (Å²) in [5.41, 5.74) is 1.68. The maximum absolute atomic E-state index is 11.6. The van der Waals surface area contributed by atoms with Crippen molar-refractivity contribution in [3.8, 4) is 0 Å². The second-order valence-electron chi connectivity index (χ2n) is 3.22. The van der Waals surface area contributed by atoms with Crippen molar-refractivity contribution in [2.45, 2.75) is 13.8 Å². The van der Waals surface area contributed by atoms with Crippen LogP contribution in [0.2, 0.25) is 0 Å². The lowest BCUT2D eigenvalue weighted by Gasteiger charge is -2.03. The Balaban J connectivity index is 3.03. The third-order valence-electron chi connectivity index (χ3n) is 2.18. The van der Waals surface area contributed by atoms with E-state index in [4.69, 9.17) is 0 Å². The summed E-state index contributed by atoms with van der Waals surface area (Å²) in [6.45, 7) is 3.72. The number of nitrogens with one attached hydrogen (secondary N) is 1. The van der Waals surface area contributed by atoms with E-state index in [9.17, 15) is 4.79 Å². The third-order valence-corrected chi connectivity index (χ3v) is 3.04. The van der Waals surface area contributed by atoms with E-state index >= 15 is 0 Å². The number of aromatic amines is 1. The van der Waals surface area contributed by atoms with E-state index < -0.39 is 0 Å². The standard InChI is InChI=1S/C10H9BrN2O/c1-5-8(11)4-3-7-9(5)12-6(2)13-10(7)14/h3-4H,1-2H3,(H,12,13,14). The molecule has 0 spiro atoms. The highest BCUT2D eigenvalue weighted by molar-refractivity contribution is 9.10. The predicted molar refractivity (Wildman–Crippen MR) is 59.5 cm³/mol. The Labute approximate surface area is 89.3 Å². The molecule has 0 saturated heterocycles. The van der Waals surface area contributed by atoms with E-state index in [1.54, 1.807) is 13.0 Å². The minimum absolute atomic E-state index is 0.0805. The first-order chi connectivity index (χ1) is 6.59. The van der Waals surface area contributed by atoms with Crippen LogP contribution in [0.15, 0.2) is 21.4 Å². The van der Waals surface area contributed by atoms with Crippen LogP contribution in [-0.4, -0.2) is 9.97 Å². The molecule has 0 amide bonds. The Morgan fingerprint density at radius 1 is 1.36 bits per heavy atom. The van der Waals surface area contributed by atoms with E-state index in [1.807, 2.05) is 13.0 Å². The average Bonchev–Trinajstić information content (AvgIpc) is 2.12. The van der Waals surface area contributed by atoms with Crippen molar-refractivity contribution in [1.82, 2.24) is 9.97 Å². The molecule has 3 nitrogen and oxygen atoms in total. The summed E-state index contributed by atoms with van der Waals surface area (Å²) in [5, 5.41) is 0.635. The van der Waals surface area contributed by atoms with Crippen molar-refractivity contribution in [3.05, 3.63) is 38.3 Å². The first-order valence-corrected chi connectivity index (χ1v) is 5.04. The number of benzene rings is 1. The topological polar surface area (TPSA) is 45.8 Å². The van der Waals surface area contributed by atoms with Crippen molar-refractivity contribution in [3.63, 3.8) is 0 Å². The molecule has 14 heavy (non-hydrogen) atoms. The molecule has 0 aliphatic heterocycles. The van der Waals surface area contributed by atoms with E-state index in [2.05, 4.69) is 25.9 Å². The number of hydrogen-bond acceptors (Lipinski definition) is 2. The highest BCUT2D eigenvalue weighted by Crippen LogP contribution is 2.21. The number of hydrogen-bond donors (Lipinski definition) is 1. The molecule has 4 heteroatoms. The van der Waals surface area contributed by atoms with Crippen LogP contribution in [0.25, 0.3) is 10.9 Å². The molecular formula is C10H9BrN2O. The van der Waals surface area contributed by atoms with Crippen LogP contribution >= 0.6 is 15.9 Å². The molecule has 1 heterocycles. The van der Waals surface area contributed by atoms with Gasteiger partial charge in [0.15, 0.2) is 0 Å². The molecule has 1 N–H and O–H groups in total. The maximum Gasteiger partial charge on any atom is 0.258 e. The zero-order valence-electron chi connectivity index (χ0n) is 7.89. The van der Waals surface area contributed by atoms with Gasteiger partial charge in [-0.25, -0.2) is 4.98 Å². The lowest BCUT2D eigenvalue weighted by atomic mass is 10.1. The van der Waals surface area contributed by atoms with E-state index in [0.717, 1.165) is 15.6 Å². The molecule has 0 saturated carbocycles. The van der Waals surface area contributed by atoms with Crippen LogP contribution < -0.4 is 5.56 Å². The molecule has 0 radical (unpaired) electrons. The molecular weight excluding hydrogens is 244 g/mol. The fourth-order valence-electron chi connectivity index (χ4n) is 1.43. The van der Waals surface area contributed by atoms with Gasteiger partial charge in [-0.1, -0.05) is 15.9 Å².